The SMILES string of the molecule is CCc1ccc(O[P@](C)(=O)Nc2c(C)cc(C)cc2C)cc1. The van der Waals surface area contributed by atoms with Crippen molar-refractivity contribution in [3.8, 4) is 5.75 Å². The molecule has 3 nitrogen and oxygen atoms in total. The van der Waals surface area contributed by atoms with Crippen LogP contribution in [-0.4, -0.2) is 6.66 Å². The third-order valence-electron chi connectivity index (χ3n) is 3.60. The molecule has 0 aliphatic rings. The van der Waals surface area contributed by atoms with Crippen molar-refractivity contribution in [2.45, 2.75) is 34.1 Å². The predicted octanol–water partition coefficient (Wildman–Crippen LogP) is 5.49. The second-order valence-electron chi connectivity index (χ2n) is 5.82. The van der Waals surface area contributed by atoms with Gasteiger partial charge in [-0.15, -0.1) is 0 Å². The van der Waals surface area contributed by atoms with Crippen molar-refractivity contribution in [2.24, 2.45) is 0 Å². The van der Waals surface area contributed by atoms with Crippen LogP contribution in [0.15, 0.2) is 36.4 Å². The molecule has 0 saturated carbocycles. The molecular weight excluding hydrogens is 293 g/mol. The smallest absolute Gasteiger partial charge is 0.338 e. The number of rotatable bonds is 5. The quantitative estimate of drug-likeness (QED) is 0.741. The third kappa shape index (κ3) is 4.14. The zero-order valence-electron chi connectivity index (χ0n) is 13.9. The average molecular weight is 317 g/mol. The fraction of sp³-hybridized carbons (Fsp3) is 0.333. The number of hydrogen-bond acceptors (Lipinski definition) is 2. The second-order valence-corrected chi connectivity index (χ2v) is 7.92. The van der Waals surface area contributed by atoms with Crippen LogP contribution in [-0.2, 0) is 11.0 Å². The van der Waals surface area contributed by atoms with Crippen molar-refractivity contribution in [2.75, 3.05) is 11.8 Å². The minimum atomic E-state index is -2.98. The van der Waals surface area contributed by atoms with Gasteiger partial charge < -0.3 is 9.61 Å². The summed E-state index contributed by atoms with van der Waals surface area (Å²) in [5.41, 5.74) is 5.47. The Labute approximate surface area is 133 Å². The summed E-state index contributed by atoms with van der Waals surface area (Å²) < 4.78 is 18.5. The molecule has 118 valence electrons. The Balaban J connectivity index is 2.18. The first-order valence-corrected chi connectivity index (χ1v) is 9.60. The maximum Gasteiger partial charge on any atom is 0.338 e. The first kappa shape index (κ1) is 16.6. The lowest BCUT2D eigenvalue weighted by Crippen LogP contribution is -2.05. The van der Waals surface area contributed by atoms with Crippen LogP contribution >= 0.6 is 7.52 Å². The molecule has 0 heterocycles. The molecule has 1 atom stereocenters. The molecule has 0 unspecified atom stereocenters. The average Bonchev–Trinajstić information content (AvgIpc) is 2.43. The Morgan fingerprint density at radius 1 is 1.05 bits per heavy atom. The molecule has 4 heteroatoms. The van der Waals surface area contributed by atoms with Crippen molar-refractivity contribution in [3.05, 3.63) is 58.7 Å². The lowest BCUT2D eigenvalue weighted by Gasteiger charge is -2.20. The normalized spacial score (nSPS) is 13.5. The van der Waals surface area contributed by atoms with E-state index < -0.39 is 7.52 Å². The molecule has 0 saturated heterocycles. The standard InChI is InChI=1S/C18H24NO2P/c1-6-16-7-9-17(10-8-16)21-22(5,20)19-18-14(3)11-13(2)12-15(18)4/h7-12H,6H2,1-5H3,(H,19,20)/t22-/m0/s1. The Kier molecular flexibility index (Phi) is 4.97. The highest BCUT2D eigenvalue weighted by atomic mass is 31.2. The van der Waals surface area contributed by atoms with Crippen LogP contribution in [0.1, 0.15) is 29.2 Å². The molecule has 0 aliphatic heterocycles. The molecule has 22 heavy (non-hydrogen) atoms. The van der Waals surface area contributed by atoms with Gasteiger partial charge in [0, 0.05) is 12.4 Å². The first-order valence-electron chi connectivity index (χ1n) is 7.53. The Morgan fingerprint density at radius 3 is 2.09 bits per heavy atom. The molecule has 0 spiro atoms. The van der Waals surface area contributed by atoms with Gasteiger partial charge in [0.2, 0.25) is 0 Å². The minimum absolute atomic E-state index is 0.623. The topological polar surface area (TPSA) is 38.3 Å². The summed E-state index contributed by atoms with van der Waals surface area (Å²) in [6, 6.07) is 11.9. The summed E-state index contributed by atoms with van der Waals surface area (Å²) in [6.45, 7) is 9.79. The van der Waals surface area contributed by atoms with Crippen LogP contribution in [0.4, 0.5) is 5.69 Å². The fourth-order valence-electron chi connectivity index (χ4n) is 2.57. The van der Waals surface area contributed by atoms with Crippen molar-refractivity contribution in [1.82, 2.24) is 0 Å². The number of benzene rings is 2. The highest BCUT2D eigenvalue weighted by molar-refractivity contribution is 7.60. The van der Waals surface area contributed by atoms with E-state index in [1.807, 2.05) is 38.1 Å². The lowest BCUT2D eigenvalue weighted by molar-refractivity contribution is 0.493. The maximum atomic E-state index is 12.8. The maximum absolute atomic E-state index is 12.8. The number of anilines is 1. The highest BCUT2D eigenvalue weighted by Gasteiger charge is 2.19. The van der Waals surface area contributed by atoms with Gasteiger partial charge in [-0.25, -0.2) is 0 Å². The van der Waals surface area contributed by atoms with Gasteiger partial charge in [-0.3, -0.25) is 4.57 Å². The van der Waals surface area contributed by atoms with Gasteiger partial charge >= 0.3 is 7.52 Å². The molecule has 2 aromatic carbocycles. The lowest BCUT2D eigenvalue weighted by atomic mass is 10.1. The van der Waals surface area contributed by atoms with E-state index >= 15 is 0 Å². The van der Waals surface area contributed by atoms with E-state index in [0.717, 1.165) is 23.2 Å². The molecule has 2 rings (SSSR count). The zero-order chi connectivity index (χ0) is 16.3. The Bertz CT molecular complexity index is 685. The largest absolute Gasteiger partial charge is 0.429 e. The highest BCUT2D eigenvalue weighted by Crippen LogP contribution is 2.44. The van der Waals surface area contributed by atoms with Crippen LogP contribution in [0, 0.1) is 20.8 Å². The Hall–Kier alpha value is -1.73. The number of hydrogen-bond donors (Lipinski definition) is 1. The first-order chi connectivity index (χ1) is 10.3. The van der Waals surface area contributed by atoms with Gasteiger partial charge in [-0.2, -0.15) is 0 Å². The third-order valence-corrected chi connectivity index (χ3v) is 4.79. The molecule has 2 aromatic rings. The summed E-state index contributed by atoms with van der Waals surface area (Å²) in [7, 11) is -2.98. The molecule has 1 N–H and O–H groups in total. The van der Waals surface area contributed by atoms with E-state index in [4.69, 9.17) is 4.52 Å². The van der Waals surface area contributed by atoms with Crippen LogP contribution < -0.4 is 9.61 Å². The minimum Gasteiger partial charge on any atom is -0.429 e. The molecule has 0 amide bonds. The van der Waals surface area contributed by atoms with Gasteiger partial charge in [-0.1, -0.05) is 36.8 Å². The van der Waals surface area contributed by atoms with E-state index in [0.29, 0.717) is 5.75 Å². The van der Waals surface area contributed by atoms with Crippen molar-refractivity contribution < 1.29 is 9.09 Å². The van der Waals surface area contributed by atoms with Crippen molar-refractivity contribution >= 4 is 13.2 Å². The van der Waals surface area contributed by atoms with Crippen LogP contribution in [0.25, 0.3) is 0 Å². The summed E-state index contributed by atoms with van der Waals surface area (Å²) in [4.78, 5) is 0. The van der Waals surface area contributed by atoms with Gasteiger partial charge in [0.25, 0.3) is 0 Å². The van der Waals surface area contributed by atoms with Gasteiger partial charge in [0.05, 0.1) is 0 Å². The fourth-order valence-corrected chi connectivity index (χ4v) is 3.90. The van der Waals surface area contributed by atoms with Gasteiger partial charge in [-0.05, 0) is 56.0 Å². The van der Waals surface area contributed by atoms with Crippen molar-refractivity contribution in [3.63, 3.8) is 0 Å². The molecule has 0 bridgehead atoms. The van der Waals surface area contributed by atoms with Gasteiger partial charge in [0.1, 0.15) is 5.75 Å². The monoisotopic (exact) mass is 317 g/mol. The second kappa shape index (κ2) is 6.58. The van der Waals surface area contributed by atoms with Crippen molar-refractivity contribution in [1.29, 1.82) is 0 Å². The van der Waals surface area contributed by atoms with E-state index in [9.17, 15) is 4.57 Å². The molecule has 0 aliphatic carbocycles. The summed E-state index contributed by atoms with van der Waals surface area (Å²) >= 11 is 0. The molecule has 0 radical (unpaired) electrons. The van der Waals surface area contributed by atoms with E-state index in [2.05, 4.69) is 31.1 Å². The molecule has 0 aromatic heterocycles. The summed E-state index contributed by atoms with van der Waals surface area (Å²) in [6.07, 6.45) is 0.976. The summed E-state index contributed by atoms with van der Waals surface area (Å²) in [5, 5.41) is 3.09. The van der Waals surface area contributed by atoms with E-state index in [1.165, 1.54) is 11.1 Å². The Morgan fingerprint density at radius 2 is 1.59 bits per heavy atom. The van der Waals surface area contributed by atoms with Gasteiger partial charge in [0.15, 0.2) is 0 Å². The predicted molar refractivity (Wildman–Crippen MR) is 94.3 cm³/mol. The molecular formula is C18H24NO2P. The number of aryl methyl sites for hydroxylation is 4. The molecule has 0 fully saturated rings. The van der Waals surface area contributed by atoms with E-state index in [-0.39, 0.29) is 0 Å². The van der Waals surface area contributed by atoms with Crippen LogP contribution in [0.3, 0.4) is 0 Å². The van der Waals surface area contributed by atoms with E-state index in [1.54, 1.807) is 6.66 Å². The zero-order valence-corrected chi connectivity index (χ0v) is 14.8. The van der Waals surface area contributed by atoms with Crippen LogP contribution in [0.5, 0.6) is 5.75 Å². The summed E-state index contributed by atoms with van der Waals surface area (Å²) in [5.74, 6) is 0.623. The van der Waals surface area contributed by atoms with Crippen LogP contribution in [0.2, 0.25) is 0 Å². The number of nitrogens with one attached hydrogen (secondary N) is 1.